The summed E-state index contributed by atoms with van der Waals surface area (Å²) in [6, 6.07) is 10.3. The van der Waals surface area contributed by atoms with Crippen molar-refractivity contribution in [1.29, 1.82) is 0 Å². The van der Waals surface area contributed by atoms with Gasteiger partial charge < -0.3 is 14.5 Å². The molecule has 0 saturated carbocycles. The average Bonchev–Trinajstić information content (AvgIpc) is 2.89. The molecule has 0 aliphatic rings. The van der Waals surface area contributed by atoms with Gasteiger partial charge in [-0.1, -0.05) is 6.07 Å². The van der Waals surface area contributed by atoms with Crippen LogP contribution >= 0.6 is 0 Å². The number of halogens is 1. The highest BCUT2D eigenvalue weighted by Gasteiger charge is 2.06. The molecule has 4 nitrogen and oxygen atoms in total. The standard InChI is InChI=1S/C16H16FN3O/c1-2-21-15-9-12(17)6-7-14(15)18-10-13-11-20-8-4-3-5-16(20)19-13/h3-9,11,18H,2,10H2,1H3. The minimum atomic E-state index is -0.309. The number of hydrogen-bond acceptors (Lipinski definition) is 3. The molecule has 0 fully saturated rings. The van der Waals surface area contributed by atoms with Gasteiger partial charge in [0.1, 0.15) is 17.2 Å². The molecule has 0 spiro atoms. The van der Waals surface area contributed by atoms with Crippen LogP contribution in [-0.4, -0.2) is 16.0 Å². The van der Waals surface area contributed by atoms with Gasteiger partial charge in [0, 0.05) is 18.5 Å². The van der Waals surface area contributed by atoms with Gasteiger partial charge in [-0.3, -0.25) is 0 Å². The van der Waals surface area contributed by atoms with Crippen LogP contribution in [0.2, 0.25) is 0 Å². The van der Waals surface area contributed by atoms with E-state index in [0.717, 1.165) is 17.0 Å². The quantitative estimate of drug-likeness (QED) is 0.780. The maximum atomic E-state index is 13.2. The van der Waals surface area contributed by atoms with E-state index in [9.17, 15) is 4.39 Å². The molecular formula is C16H16FN3O. The van der Waals surface area contributed by atoms with E-state index in [-0.39, 0.29) is 5.82 Å². The fraction of sp³-hybridized carbons (Fsp3) is 0.188. The Morgan fingerprint density at radius 3 is 3.00 bits per heavy atom. The zero-order valence-corrected chi connectivity index (χ0v) is 11.7. The number of nitrogens with zero attached hydrogens (tertiary/aromatic N) is 2. The van der Waals surface area contributed by atoms with E-state index in [0.29, 0.717) is 18.9 Å². The second-order valence-corrected chi connectivity index (χ2v) is 4.63. The van der Waals surface area contributed by atoms with Crippen molar-refractivity contribution >= 4 is 11.3 Å². The van der Waals surface area contributed by atoms with Gasteiger partial charge in [-0.2, -0.15) is 0 Å². The predicted molar refractivity (Wildman–Crippen MR) is 80.1 cm³/mol. The second-order valence-electron chi connectivity index (χ2n) is 4.63. The molecule has 0 atom stereocenters. The van der Waals surface area contributed by atoms with Crippen LogP contribution in [0.1, 0.15) is 12.6 Å². The monoisotopic (exact) mass is 285 g/mol. The molecule has 0 saturated heterocycles. The van der Waals surface area contributed by atoms with Crippen LogP contribution in [0.4, 0.5) is 10.1 Å². The van der Waals surface area contributed by atoms with Crippen molar-refractivity contribution in [2.45, 2.75) is 13.5 Å². The average molecular weight is 285 g/mol. The van der Waals surface area contributed by atoms with Crippen molar-refractivity contribution in [2.75, 3.05) is 11.9 Å². The fourth-order valence-electron chi connectivity index (χ4n) is 2.18. The number of ether oxygens (including phenoxy) is 1. The highest BCUT2D eigenvalue weighted by atomic mass is 19.1. The number of anilines is 1. The highest BCUT2D eigenvalue weighted by Crippen LogP contribution is 2.25. The SMILES string of the molecule is CCOc1cc(F)ccc1NCc1cn2ccccc2n1. The van der Waals surface area contributed by atoms with Crippen LogP contribution in [0.5, 0.6) is 5.75 Å². The first-order valence-electron chi connectivity index (χ1n) is 6.85. The van der Waals surface area contributed by atoms with Crippen molar-refractivity contribution in [3.05, 3.63) is 60.3 Å². The zero-order chi connectivity index (χ0) is 14.7. The molecule has 108 valence electrons. The molecule has 3 aromatic rings. The van der Waals surface area contributed by atoms with Crippen LogP contribution in [0.3, 0.4) is 0 Å². The van der Waals surface area contributed by atoms with Crippen LogP contribution in [0, 0.1) is 5.82 Å². The zero-order valence-electron chi connectivity index (χ0n) is 11.7. The Morgan fingerprint density at radius 2 is 2.19 bits per heavy atom. The first-order valence-corrected chi connectivity index (χ1v) is 6.85. The van der Waals surface area contributed by atoms with E-state index in [1.807, 2.05) is 41.9 Å². The number of pyridine rings is 1. The van der Waals surface area contributed by atoms with Crippen molar-refractivity contribution in [1.82, 2.24) is 9.38 Å². The number of fused-ring (bicyclic) bond motifs is 1. The summed E-state index contributed by atoms with van der Waals surface area (Å²) in [5, 5.41) is 3.24. The van der Waals surface area contributed by atoms with Gasteiger partial charge in [-0.15, -0.1) is 0 Å². The molecule has 0 aliphatic heterocycles. The molecule has 0 amide bonds. The minimum absolute atomic E-state index is 0.309. The molecule has 2 aromatic heterocycles. The summed E-state index contributed by atoms with van der Waals surface area (Å²) in [5.74, 6) is 0.206. The van der Waals surface area contributed by atoms with Gasteiger partial charge >= 0.3 is 0 Å². The lowest BCUT2D eigenvalue weighted by Crippen LogP contribution is -2.03. The van der Waals surface area contributed by atoms with E-state index in [1.54, 1.807) is 6.07 Å². The molecule has 21 heavy (non-hydrogen) atoms. The van der Waals surface area contributed by atoms with Crippen LogP contribution in [-0.2, 0) is 6.54 Å². The van der Waals surface area contributed by atoms with Crippen molar-refractivity contribution in [3.63, 3.8) is 0 Å². The lowest BCUT2D eigenvalue weighted by Gasteiger charge is -2.11. The molecule has 0 unspecified atom stereocenters. The topological polar surface area (TPSA) is 38.6 Å². The maximum Gasteiger partial charge on any atom is 0.145 e. The van der Waals surface area contributed by atoms with E-state index in [2.05, 4.69) is 10.3 Å². The summed E-state index contributed by atoms with van der Waals surface area (Å²) in [6.45, 7) is 2.91. The van der Waals surface area contributed by atoms with E-state index < -0.39 is 0 Å². The normalized spacial score (nSPS) is 10.8. The van der Waals surface area contributed by atoms with E-state index in [1.165, 1.54) is 12.1 Å². The van der Waals surface area contributed by atoms with Crippen molar-refractivity contribution < 1.29 is 9.13 Å². The third-order valence-electron chi connectivity index (χ3n) is 3.12. The first kappa shape index (κ1) is 13.4. The van der Waals surface area contributed by atoms with Crippen LogP contribution in [0.15, 0.2) is 48.8 Å². The summed E-state index contributed by atoms with van der Waals surface area (Å²) >= 11 is 0. The summed E-state index contributed by atoms with van der Waals surface area (Å²) in [7, 11) is 0. The Bertz CT molecular complexity index is 721. The number of rotatable bonds is 5. The molecule has 5 heteroatoms. The summed E-state index contributed by atoms with van der Waals surface area (Å²) in [5.41, 5.74) is 2.57. The molecule has 1 aromatic carbocycles. The first-order chi connectivity index (χ1) is 10.3. The largest absolute Gasteiger partial charge is 0.492 e. The predicted octanol–water partition coefficient (Wildman–Crippen LogP) is 3.48. The van der Waals surface area contributed by atoms with Gasteiger partial charge in [-0.05, 0) is 31.2 Å². The Kier molecular flexibility index (Phi) is 3.73. The maximum absolute atomic E-state index is 13.2. The van der Waals surface area contributed by atoms with Crippen LogP contribution < -0.4 is 10.1 Å². The van der Waals surface area contributed by atoms with Crippen LogP contribution in [0.25, 0.3) is 5.65 Å². The summed E-state index contributed by atoms with van der Waals surface area (Å²) < 4.78 is 20.7. The molecule has 3 rings (SSSR count). The molecule has 2 heterocycles. The van der Waals surface area contributed by atoms with E-state index in [4.69, 9.17) is 4.74 Å². The number of nitrogens with one attached hydrogen (secondary N) is 1. The fourth-order valence-corrected chi connectivity index (χ4v) is 2.18. The number of aromatic nitrogens is 2. The number of imidazole rings is 1. The third kappa shape index (κ3) is 2.97. The summed E-state index contributed by atoms with van der Waals surface area (Å²) in [4.78, 5) is 4.51. The Morgan fingerprint density at radius 1 is 1.29 bits per heavy atom. The molecule has 0 bridgehead atoms. The van der Waals surface area contributed by atoms with Gasteiger partial charge in [-0.25, -0.2) is 9.37 Å². The molecule has 1 N–H and O–H groups in total. The molecule has 0 aliphatic carbocycles. The smallest absolute Gasteiger partial charge is 0.145 e. The molecule has 0 radical (unpaired) electrons. The minimum Gasteiger partial charge on any atom is -0.492 e. The Labute approximate surface area is 122 Å². The van der Waals surface area contributed by atoms with Crippen molar-refractivity contribution in [3.8, 4) is 5.75 Å². The third-order valence-corrected chi connectivity index (χ3v) is 3.12. The van der Waals surface area contributed by atoms with Gasteiger partial charge in [0.2, 0.25) is 0 Å². The van der Waals surface area contributed by atoms with Crippen molar-refractivity contribution in [2.24, 2.45) is 0 Å². The number of hydrogen-bond donors (Lipinski definition) is 1. The van der Waals surface area contributed by atoms with Gasteiger partial charge in [0.15, 0.2) is 0 Å². The Hall–Kier alpha value is -2.56. The summed E-state index contributed by atoms with van der Waals surface area (Å²) in [6.07, 6.45) is 3.92. The van der Waals surface area contributed by atoms with Gasteiger partial charge in [0.05, 0.1) is 24.5 Å². The lowest BCUT2D eigenvalue weighted by atomic mass is 10.2. The molecular weight excluding hydrogens is 269 g/mol. The van der Waals surface area contributed by atoms with E-state index >= 15 is 0 Å². The lowest BCUT2D eigenvalue weighted by molar-refractivity contribution is 0.339. The Balaban J connectivity index is 1.77. The second kappa shape index (κ2) is 5.83. The van der Waals surface area contributed by atoms with Gasteiger partial charge in [0.25, 0.3) is 0 Å². The number of benzene rings is 1. The highest BCUT2D eigenvalue weighted by molar-refractivity contribution is 5.56.